The van der Waals surface area contributed by atoms with Crippen molar-refractivity contribution in [2.24, 2.45) is 0 Å². The molecule has 0 heterocycles. The molecule has 0 aliphatic heterocycles. The zero-order chi connectivity index (χ0) is 22.3. The molecule has 4 nitrogen and oxygen atoms in total. The third kappa shape index (κ3) is 8.32. The summed E-state index contributed by atoms with van der Waals surface area (Å²) in [6.07, 6.45) is 0.342. The number of thioether (sulfide) groups is 1. The number of nitrogens with zero attached hydrogens (tertiary/aromatic N) is 1. The Hall–Kier alpha value is -1.50. The molecule has 1 N–H and O–H groups in total. The summed E-state index contributed by atoms with van der Waals surface area (Å²) in [5.41, 5.74) is 0.610. The summed E-state index contributed by atoms with van der Waals surface area (Å²) in [5.74, 6) is 0.424. The van der Waals surface area contributed by atoms with Crippen LogP contribution in [0.2, 0.25) is 5.02 Å². The minimum atomic E-state index is -0.573. The largest absolute Gasteiger partial charge is 0.350 e. The second kappa shape index (κ2) is 11.2. The predicted molar refractivity (Wildman–Crippen MR) is 129 cm³/mol. The summed E-state index contributed by atoms with van der Waals surface area (Å²) in [5, 5.41) is 3.67. The second-order valence-corrected chi connectivity index (χ2v) is 10.6. The van der Waals surface area contributed by atoms with Gasteiger partial charge in [-0.1, -0.05) is 39.7 Å². The first kappa shape index (κ1) is 24.8. The van der Waals surface area contributed by atoms with Gasteiger partial charge in [0.15, 0.2) is 0 Å². The molecule has 0 aromatic heterocycles. The molecule has 2 amide bonds. The van der Waals surface area contributed by atoms with Crippen LogP contribution in [-0.4, -0.2) is 34.0 Å². The number of hydrogen-bond acceptors (Lipinski definition) is 3. The topological polar surface area (TPSA) is 49.4 Å². The standard InChI is InChI=1S/C23H28BrClN2O2S/c1-16(22(29)26-23(2,3)4)27(15-17-6-5-7-18(24)14-17)21(28)12-13-30-20-10-8-19(25)9-11-20/h5-11,14,16H,12-13,15H2,1-4H3,(H,26,29). The maximum atomic E-state index is 13.1. The van der Waals surface area contributed by atoms with Crippen LogP contribution in [0.1, 0.15) is 39.7 Å². The van der Waals surface area contributed by atoms with Gasteiger partial charge in [-0.2, -0.15) is 0 Å². The first-order valence-corrected chi connectivity index (χ1v) is 11.9. The molecule has 0 bridgehead atoms. The molecule has 0 spiro atoms. The van der Waals surface area contributed by atoms with E-state index >= 15 is 0 Å². The quantitative estimate of drug-likeness (QED) is 0.448. The lowest BCUT2D eigenvalue weighted by Crippen LogP contribution is -2.52. The van der Waals surface area contributed by atoms with Gasteiger partial charge in [0, 0.05) is 38.6 Å². The molecule has 0 radical (unpaired) electrons. The number of carbonyl (C=O) groups excluding carboxylic acids is 2. The van der Waals surface area contributed by atoms with Crippen molar-refractivity contribution in [3.63, 3.8) is 0 Å². The Bertz CT molecular complexity index is 868. The lowest BCUT2D eigenvalue weighted by molar-refractivity contribution is -0.140. The number of amides is 2. The van der Waals surface area contributed by atoms with Crippen LogP contribution < -0.4 is 5.32 Å². The molecule has 2 rings (SSSR count). The molecule has 2 aromatic carbocycles. The fourth-order valence-electron chi connectivity index (χ4n) is 2.82. The zero-order valence-electron chi connectivity index (χ0n) is 17.7. The third-order valence-electron chi connectivity index (χ3n) is 4.31. The minimum Gasteiger partial charge on any atom is -0.350 e. The van der Waals surface area contributed by atoms with E-state index in [4.69, 9.17) is 11.6 Å². The van der Waals surface area contributed by atoms with Crippen molar-refractivity contribution in [1.82, 2.24) is 10.2 Å². The van der Waals surface area contributed by atoms with Crippen molar-refractivity contribution in [3.05, 3.63) is 63.6 Å². The number of hydrogen-bond donors (Lipinski definition) is 1. The van der Waals surface area contributed by atoms with Crippen LogP contribution in [0.15, 0.2) is 57.9 Å². The van der Waals surface area contributed by atoms with Crippen molar-refractivity contribution in [1.29, 1.82) is 0 Å². The Labute approximate surface area is 196 Å². The fraction of sp³-hybridized carbons (Fsp3) is 0.391. The van der Waals surface area contributed by atoms with Crippen LogP contribution in [0.25, 0.3) is 0 Å². The molecule has 1 unspecified atom stereocenters. The van der Waals surface area contributed by atoms with Gasteiger partial charge in [0.25, 0.3) is 0 Å². The Morgan fingerprint density at radius 2 is 1.83 bits per heavy atom. The van der Waals surface area contributed by atoms with Gasteiger partial charge in [-0.15, -0.1) is 11.8 Å². The van der Waals surface area contributed by atoms with E-state index in [1.807, 2.05) is 69.3 Å². The molecule has 0 aliphatic rings. The van der Waals surface area contributed by atoms with Crippen molar-refractivity contribution in [2.45, 2.75) is 57.1 Å². The smallest absolute Gasteiger partial charge is 0.242 e. The van der Waals surface area contributed by atoms with Crippen molar-refractivity contribution < 1.29 is 9.59 Å². The maximum Gasteiger partial charge on any atom is 0.242 e. The molecular formula is C23H28BrClN2O2S. The van der Waals surface area contributed by atoms with E-state index in [1.165, 1.54) is 0 Å². The van der Waals surface area contributed by atoms with E-state index in [9.17, 15) is 9.59 Å². The van der Waals surface area contributed by atoms with Gasteiger partial charge in [-0.3, -0.25) is 9.59 Å². The van der Waals surface area contributed by atoms with Crippen molar-refractivity contribution >= 4 is 51.1 Å². The summed E-state index contributed by atoms with van der Waals surface area (Å²) in [6.45, 7) is 7.95. The van der Waals surface area contributed by atoms with Gasteiger partial charge < -0.3 is 10.2 Å². The molecule has 1 atom stereocenters. The van der Waals surface area contributed by atoms with E-state index in [0.717, 1.165) is 14.9 Å². The van der Waals surface area contributed by atoms with E-state index in [-0.39, 0.29) is 17.4 Å². The van der Waals surface area contributed by atoms with Crippen LogP contribution in [0.4, 0.5) is 0 Å². The molecule has 0 fully saturated rings. The van der Waals surface area contributed by atoms with Gasteiger partial charge in [0.2, 0.25) is 11.8 Å². The highest BCUT2D eigenvalue weighted by Crippen LogP contribution is 2.22. The summed E-state index contributed by atoms with van der Waals surface area (Å²) in [4.78, 5) is 28.6. The van der Waals surface area contributed by atoms with Crippen molar-refractivity contribution in [2.75, 3.05) is 5.75 Å². The molecule has 162 valence electrons. The van der Waals surface area contributed by atoms with Gasteiger partial charge >= 0.3 is 0 Å². The number of nitrogens with one attached hydrogen (secondary N) is 1. The van der Waals surface area contributed by atoms with E-state index in [2.05, 4.69) is 21.2 Å². The highest BCUT2D eigenvalue weighted by atomic mass is 79.9. The maximum absolute atomic E-state index is 13.1. The highest BCUT2D eigenvalue weighted by molar-refractivity contribution is 9.10. The molecule has 0 aliphatic carbocycles. The Morgan fingerprint density at radius 3 is 2.43 bits per heavy atom. The summed E-state index contributed by atoms with van der Waals surface area (Å²) >= 11 is 11.0. The normalized spacial score (nSPS) is 12.3. The summed E-state index contributed by atoms with van der Waals surface area (Å²) in [6, 6.07) is 14.8. The van der Waals surface area contributed by atoms with Gasteiger partial charge in [-0.05, 0) is 69.7 Å². The summed E-state index contributed by atoms with van der Waals surface area (Å²) < 4.78 is 0.942. The lowest BCUT2D eigenvalue weighted by atomic mass is 10.1. The van der Waals surface area contributed by atoms with Crippen LogP contribution >= 0.6 is 39.3 Å². The van der Waals surface area contributed by atoms with Gasteiger partial charge in [0.1, 0.15) is 6.04 Å². The second-order valence-electron chi connectivity index (χ2n) is 8.12. The third-order valence-corrected chi connectivity index (χ3v) is 6.06. The molecular weight excluding hydrogens is 484 g/mol. The molecule has 2 aromatic rings. The number of rotatable bonds is 8. The monoisotopic (exact) mass is 510 g/mol. The first-order chi connectivity index (χ1) is 14.0. The predicted octanol–water partition coefficient (Wildman–Crippen LogP) is 5.92. The Kier molecular flexibility index (Phi) is 9.26. The average Bonchev–Trinajstić information content (AvgIpc) is 2.65. The van der Waals surface area contributed by atoms with Crippen LogP contribution in [-0.2, 0) is 16.1 Å². The molecule has 30 heavy (non-hydrogen) atoms. The number of benzene rings is 2. The van der Waals surface area contributed by atoms with E-state index in [1.54, 1.807) is 23.6 Å². The SMILES string of the molecule is CC(C(=O)NC(C)(C)C)N(Cc1cccc(Br)c1)C(=O)CCSc1ccc(Cl)cc1. The van der Waals surface area contributed by atoms with Crippen molar-refractivity contribution in [3.8, 4) is 0 Å². The van der Waals surface area contributed by atoms with Crippen LogP contribution in [0.3, 0.4) is 0 Å². The van der Waals surface area contributed by atoms with Crippen LogP contribution in [0.5, 0.6) is 0 Å². The number of carbonyl (C=O) groups is 2. The van der Waals surface area contributed by atoms with Gasteiger partial charge in [-0.25, -0.2) is 0 Å². The highest BCUT2D eigenvalue weighted by Gasteiger charge is 2.28. The van der Waals surface area contributed by atoms with Gasteiger partial charge in [0.05, 0.1) is 0 Å². The zero-order valence-corrected chi connectivity index (χ0v) is 20.9. The van der Waals surface area contributed by atoms with E-state index in [0.29, 0.717) is 23.7 Å². The Morgan fingerprint density at radius 1 is 1.17 bits per heavy atom. The Balaban J connectivity index is 2.09. The van der Waals surface area contributed by atoms with E-state index < -0.39 is 6.04 Å². The van der Waals surface area contributed by atoms with Crippen LogP contribution in [0, 0.1) is 0 Å². The fourth-order valence-corrected chi connectivity index (χ4v) is 4.23. The molecule has 0 saturated carbocycles. The lowest BCUT2D eigenvalue weighted by Gasteiger charge is -2.31. The molecule has 7 heteroatoms. The number of halogens is 2. The average molecular weight is 512 g/mol. The first-order valence-electron chi connectivity index (χ1n) is 9.79. The molecule has 0 saturated heterocycles. The minimum absolute atomic E-state index is 0.0481. The summed E-state index contributed by atoms with van der Waals surface area (Å²) in [7, 11) is 0.